The van der Waals surface area contributed by atoms with E-state index in [1.807, 2.05) is 6.92 Å². The normalized spacial score (nSPS) is 10.9. The van der Waals surface area contributed by atoms with Gasteiger partial charge in [-0.3, -0.25) is 14.9 Å². The van der Waals surface area contributed by atoms with Gasteiger partial charge in [0.15, 0.2) is 5.69 Å². The van der Waals surface area contributed by atoms with Crippen molar-refractivity contribution in [2.75, 3.05) is 26.4 Å². The Kier molecular flexibility index (Phi) is 9.79. The number of benzene rings is 1. The first-order valence-electron chi connectivity index (χ1n) is 9.85. The Balaban J connectivity index is 2.07. The van der Waals surface area contributed by atoms with Crippen molar-refractivity contribution in [2.24, 2.45) is 0 Å². The standard InChI is InChI=1S/C21H25N3O6S/c1-3-29-13-5-12-23(14-19-22-18(15-31-19)21(26)30-4-2)20(25)11-8-16-6-9-17(10-7-16)24(27)28/h6-11,15H,3-5,12-14H2,1-2H3. The van der Waals surface area contributed by atoms with Gasteiger partial charge in [-0.1, -0.05) is 0 Å². The number of rotatable bonds is 12. The van der Waals surface area contributed by atoms with Crippen LogP contribution in [0.15, 0.2) is 35.7 Å². The van der Waals surface area contributed by atoms with Gasteiger partial charge in [0.2, 0.25) is 5.91 Å². The molecule has 166 valence electrons. The minimum absolute atomic E-state index is 0.0119. The molecule has 0 radical (unpaired) electrons. The number of non-ortho nitro benzene ring substituents is 1. The number of hydrogen-bond donors (Lipinski definition) is 0. The summed E-state index contributed by atoms with van der Waals surface area (Å²) in [7, 11) is 0. The van der Waals surface area contributed by atoms with Gasteiger partial charge >= 0.3 is 5.97 Å². The van der Waals surface area contributed by atoms with Crippen LogP contribution in [0, 0.1) is 10.1 Å². The summed E-state index contributed by atoms with van der Waals surface area (Å²) in [5.74, 6) is -0.722. The molecule has 0 aliphatic heterocycles. The topological polar surface area (TPSA) is 112 Å². The highest BCUT2D eigenvalue weighted by atomic mass is 32.1. The van der Waals surface area contributed by atoms with Gasteiger partial charge in [-0.2, -0.15) is 0 Å². The lowest BCUT2D eigenvalue weighted by molar-refractivity contribution is -0.384. The molecule has 1 heterocycles. The van der Waals surface area contributed by atoms with Gasteiger partial charge in [0.25, 0.3) is 5.69 Å². The molecule has 0 saturated carbocycles. The van der Waals surface area contributed by atoms with E-state index in [1.165, 1.54) is 29.5 Å². The third kappa shape index (κ3) is 7.91. The molecule has 2 rings (SSSR count). The highest BCUT2D eigenvalue weighted by Gasteiger charge is 2.16. The summed E-state index contributed by atoms with van der Waals surface area (Å²) in [6, 6.07) is 5.93. The molecule has 31 heavy (non-hydrogen) atoms. The monoisotopic (exact) mass is 447 g/mol. The molecule has 0 bridgehead atoms. The van der Waals surface area contributed by atoms with Crippen molar-refractivity contribution in [1.29, 1.82) is 0 Å². The summed E-state index contributed by atoms with van der Waals surface area (Å²) in [6.07, 6.45) is 3.68. The van der Waals surface area contributed by atoms with Crippen LogP contribution in [-0.4, -0.2) is 53.0 Å². The molecule has 2 aromatic rings. The number of hydrogen-bond acceptors (Lipinski definition) is 8. The predicted molar refractivity (Wildman–Crippen MR) is 117 cm³/mol. The Bertz CT molecular complexity index is 910. The number of ether oxygens (including phenoxy) is 2. The van der Waals surface area contributed by atoms with Gasteiger partial charge in [-0.05, 0) is 44.0 Å². The molecule has 0 aliphatic carbocycles. The smallest absolute Gasteiger partial charge is 0.357 e. The lowest BCUT2D eigenvalue weighted by Gasteiger charge is -2.20. The lowest BCUT2D eigenvalue weighted by atomic mass is 10.2. The summed E-state index contributed by atoms with van der Waals surface area (Å²) in [5, 5.41) is 13.0. The number of aromatic nitrogens is 1. The molecule has 0 fully saturated rings. The summed E-state index contributed by atoms with van der Waals surface area (Å²) in [4.78, 5) is 40.8. The minimum atomic E-state index is -0.489. The van der Waals surface area contributed by atoms with Crippen molar-refractivity contribution in [3.8, 4) is 0 Å². The van der Waals surface area contributed by atoms with E-state index in [4.69, 9.17) is 9.47 Å². The van der Waals surface area contributed by atoms with Crippen molar-refractivity contribution in [2.45, 2.75) is 26.8 Å². The van der Waals surface area contributed by atoms with Gasteiger partial charge in [-0.15, -0.1) is 11.3 Å². The van der Waals surface area contributed by atoms with Crippen LogP contribution in [0.1, 0.15) is 41.3 Å². The van der Waals surface area contributed by atoms with Gasteiger partial charge in [0.1, 0.15) is 5.01 Å². The van der Waals surface area contributed by atoms with E-state index >= 15 is 0 Å². The number of amides is 1. The largest absolute Gasteiger partial charge is 0.461 e. The van der Waals surface area contributed by atoms with Crippen LogP contribution in [0.2, 0.25) is 0 Å². The van der Waals surface area contributed by atoms with Crippen LogP contribution in [-0.2, 0) is 20.8 Å². The fraction of sp³-hybridized carbons (Fsp3) is 0.381. The molecular weight excluding hydrogens is 422 g/mol. The summed E-state index contributed by atoms with van der Waals surface area (Å²) >= 11 is 1.29. The Morgan fingerprint density at radius 1 is 1.23 bits per heavy atom. The predicted octanol–water partition coefficient (Wildman–Crippen LogP) is 3.70. The molecular formula is C21H25N3O6S. The number of nitro benzene ring substituents is 1. The van der Waals surface area contributed by atoms with Crippen LogP contribution < -0.4 is 0 Å². The number of carbonyl (C=O) groups excluding carboxylic acids is 2. The molecule has 1 amide bonds. The molecule has 1 aromatic heterocycles. The van der Waals surface area contributed by atoms with Crippen LogP contribution in [0.25, 0.3) is 6.08 Å². The van der Waals surface area contributed by atoms with Gasteiger partial charge in [0, 0.05) is 43.3 Å². The average molecular weight is 448 g/mol. The number of esters is 1. The van der Waals surface area contributed by atoms with E-state index in [-0.39, 0.29) is 30.4 Å². The van der Waals surface area contributed by atoms with E-state index in [9.17, 15) is 19.7 Å². The number of nitrogens with zero attached hydrogens (tertiary/aromatic N) is 3. The minimum Gasteiger partial charge on any atom is -0.461 e. The quantitative estimate of drug-likeness (QED) is 0.160. The van der Waals surface area contributed by atoms with Gasteiger partial charge in [-0.25, -0.2) is 9.78 Å². The number of nitro groups is 1. The summed E-state index contributed by atoms with van der Waals surface area (Å²) in [6.45, 7) is 5.73. The van der Waals surface area contributed by atoms with Gasteiger partial charge in [0.05, 0.1) is 18.1 Å². The maximum absolute atomic E-state index is 12.8. The van der Waals surface area contributed by atoms with Crippen molar-refractivity contribution < 1.29 is 24.0 Å². The highest BCUT2D eigenvalue weighted by Crippen LogP contribution is 2.16. The zero-order valence-corrected chi connectivity index (χ0v) is 18.3. The molecule has 10 heteroatoms. The zero-order valence-electron chi connectivity index (χ0n) is 17.5. The van der Waals surface area contributed by atoms with E-state index in [0.29, 0.717) is 36.8 Å². The average Bonchev–Trinajstić information content (AvgIpc) is 3.23. The van der Waals surface area contributed by atoms with Crippen LogP contribution in [0.4, 0.5) is 5.69 Å². The van der Waals surface area contributed by atoms with Crippen molar-refractivity contribution in [1.82, 2.24) is 9.88 Å². The molecule has 0 N–H and O–H groups in total. The molecule has 0 unspecified atom stereocenters. The molecule has 9 nitrogen and oxygen atoms in total. The zero-order chi connectivity index (χ0) is 22.6. The first kappa shape index (κ1) is 24.2. The second-order valence-electron chi connectivity index (χ2n) is 6.34. The number of carbonyl (C=O) groups is 2. The summed E-state index contributed by atoms with van der Waals surface area (Å²) < 4.78 is 10.3. The van der Waals surface area contributed by atoms with Crippen LogP contribution in [0.3, 0.4) is 0 Å². The van der Waals surface area contributed by atoms with Crippen molar-refractivity contribution >= 4 is 35.0 Å². The SMILES string of the molecule is CCOCCCN(Cc1nc(C(=O)OCC)cs1)C(=O)C=Cc1ccc([N+](=O)[O-])cc1. The third-order valence-corrected chi connectivity index (χ3v) is 4.95. The highest BCUT2D eigenvalue weighted by molar-refractivity contribution is 7.09. The molecule has 0 spiro atoms. The van der Waals surface area contributed by atoms with E-state index in [0.717, 1.165) is 0 Å². The fourth-order valence-corrected chi connectivity index (χ4v) is 3.37. The second-order valence-corrected chi connectivity index (χ2v) is 7.28. The Hall–Kier alpha value is -3.11. The Morgan fingerprint density at radius 2 is 1.97 bits per heavy atom. The first-order chi connectivity index (χ1) is 14.9. The maximum atomic E-state index is 12.8. The molecule has 0 aliphatic rings. The second kappa shape index (κ2) is 12.6. The van der Waals surface area contributed by atoms with Crippen molar-refractivity contribution in [3.05, 3.63) is 62.1 Å². The Morgan fingerprint density at radius 3 is 2.61 bits per heavy atom. The van der Waals surface area contributed by atoms with Crippen LogP contribution >= 0.6 is 11.3 Å². The first-order valence-corrected chi connectivity index (χ1v) is 10.7. The van der Waals surface area contributed by atoms with E-state index < -0.39 is 10.9 Å². The van der Waals surface area contributed by atoms with E-state index in [2.05, 4.69) is 4.98 Å². The molecule has 1 aromatic carbocycles. The maximum Gasteiger partial charge on any atom is 0.357 e. The molecule has 0 saturated heterocycles. The number of thiazole rings is 1. The van der Waals surface area contributed by atoms with Gasteiger partial charge < -0.3 is 14.4 Å². The fourth-order valence-electron chi connectivity index (χ4n) is 2.59. The third-order valence-electron chi connectivity index (χ3n) is 4.12. The van der Waals surface area contributed by atoms with Crippen molar-refractivity contribution in [3.63, 3.8) is 0 Å². The van der Waals surface area contributed by atoms with E-state index in [1.54, 1.807) is 35.4 Å². The summed E-state index contributed by atoms with van der Waals surface area (Å²) in [5.41, 5.74) is 0.888. The van der Waals surface area contributed by atoms with Crippen LogP contribution in [0.5, 0.6) is 0 Å². The lowest BCUT2D eigenvalue weighted by Crippen LogP contribution is -2.30. The molecule has 0 atom stereocenters. The Labute approximate surface area is 184 Å².